The van der Waals surface area contributed by atoms with Crippen molar-refractivity contribution in [2.45, 2.75) is 95.1 Å². The van der Waals surface area contributed by atoms with E-state index in [0.717, 1.165) is 87.1 Å². The fraction of sp³-hybridized carbons (Fsp3) is 0.535. The molecule has 6 heterocycles. The van der Waals surface area contributed by atoms with Gasteiger partial charge in [0.05, 0.1) is 43.1 Å². The van der Waals surface area contributed by atoms with Gasteiger partial charge in [-0.05, 0) is 81.2 Å². The second-order valence-electron chi connectivity index (χ2n) is 16.6. The highest BCUT2D eigenvalue weighted by Gasteiger charge is 2.62. The number of carbonyl (C=O) groups excluding carboxylic acids is 2. The maximum absolute atomic E-state index is 13.1. The zero-order chi connectivity index (χ0) is 37.7. The molecule has 54 heavy (non-hydrogen) atoms. The van der Waals surface area contributed by atoms with E-state index < -0.39 is 23.3 Å². The van der Waals surface area contributed by atoms with Crippen LogP contribution >= 0.6 is 0 Å². The first-order chi connectivity index (χ1) is 26.0. The molecule has 4 aliphatic heterocycles. The van der Waals surface area contributed by atoms with E-state index in [0.29, 0.717) is 25.8 Å². The van der Waals surface area contributed by atoms with Crippen molar-refractivity contribution in [1.82, 2.24) is 20.2 Å². The first-order valence-corrected chi connectivity index (χ1v) is 19.7. The highest BCUT2D eigenvalue weighted by atomic mass is 16.6. The second kappa shape index (κ2) is 13.0. The average Bonchev–Trinajstić information content (AvgIpc) is 3.69. The molecule has 11 heteroatoms. The molecule has 4 fully saturated rings. The smallest absolute Gasteiger partial charge is 0.303 e. The summed E-state index contributed by atoms with van der Waals surface area (Å²) in [5.41, 5.74) is 6.10. The molecular weight excluding hydrogens is 684 g/mol. The summed E-state index contributed by atoms with van der Waals surface area (Å²) in [6, 6.07) is 12.0. The second-order valence-corrected chi connectivity index (χ2v) is 16.6. The molecular formula is C43H52N4O7. The monoisotopic (exact) mass is 736 g/mol. The van der Waals surface area contributed by atoms with Crippen LogP contribution in [0.15, 0.2) is 48.0 Å². The van der Waals surface area contributed by atoms with Crippen molar-refractivity contribution >= 4 is 33.7 Å². The SMILES string of the molecule is CC=C1CNC2Cc3c([nH]c4ccccc34)C(c3c(OC)ccc4c5c([nH]c34)C3(OC(C)=O)CC4CC(C(C)O)C3N(CC5)C4)CC1C2(CO)OC(C)=O. The van der Waals surface area contributed by atoms with Crippen molar-refractivity contribution in [3.8, 4) is 5.75 Å². The van der Waals surface area contributed by atoms with Gasteiger partial charge < -0.3 is 39.7 Å². The lowest BCUT2D eigenvalue weighted by molar-refractivity contribution is -0.208. The van der Waals surface area contributed by atoms with Crippen LogP contribution in [0.2, 0.25) is 0 Å². The number of aromatic nitrogens is 2. The van der Waals surface area contributed by atoms with Gasteiger partial charge in [-0.2, -0.15) is 0 Å². The number of benzene rings is 2. The van der Waals surface area contributed by atoms with Gasteiger partial charge in [-0.15, -0.1) is 0 Å². The van der Waals surface area contributed by atoms with Crippen LogP contribution in [0.1, 0.15) is 81.0 Å². The van der Waals surface area contributed by atoms with Gasteiger partial charge in [-0.3, -0.25) is 14.5 Å². The molecule has 11 nitrogen and oxygen atoms in total. The maximum atomic E-state index is 13.1. The van der Waals surface area contributed by atoms with Crippen molar-refractivity contribution < 1.29 is 34.0 Å². The Balaban J connectivity index is 1.32. The molecule has 10 unspecified atom stereocenters. The lowest BCUT2D eigenvalue weighted by atomic mass is 9.62. The fourth-order valence-corrected chi connectivity index (χ4v) is 11.9. The number of piperidine rings is 3. The van der Waals surface area contributed by atoms with Crippen LogP contribution in [0, 0.1) is 17.8 Å². The number of fused-ring (bicyclic) bond motifs is 9. The number of aliphatic hydroxyl groups is 2. The number of methoxy groups -OCH3 is 1. The van der Waals surface area contributed by atoms with Crippen molar-refractivity contribution in [3.05, 3.63) is 76.1 Å². The number of hydrogen-bond acceptors (Lipinski definition) is 9. The zero-order valence-electron chi connectivity index (χ0n) is 31.8. The Morgan fingerprint density at radius 1 is 1.06 bits per heavy atom. The number of carbonyl (C=O) groups is 2. The van der Waals surface area contributed by atoms with Gasteiger partial charge in [0, 0.05) is 78.8 Å². The molecule has 3 saturated heterocycles. The van der Waals surface area contributed by atoms with E-state index in [1.54, 1.807) is 7.11 Å². The number of hydrogen-bond donors (Lipinski definition) is 5. The maximum Gasteiger partial charge on any atom is 0.303 e. The van der Waals surface area contributed by atoms with E-state index >= 15 is 0 Å². The lowest BCUT2D eigenvalue weighted by Crippen LogP contribution is -2.67. The first kappa shape index (κ1) is 35.5. The number of ether oxygens (including phenoxy) is 3. The molecule has 6 aliphatic rings. The summed E-state index contributed by atoms with van der Waals surface area (Å²) >= 11 is 0. The molecule has 0 spiro atoms. The number of aliphatic hydroxyl groups excluding tert-OH is 2. The molecule has 286 valence electrons. The van der Waals surface area contributed by atoms with Gasteiger partial charge in [0.25, 0.3) is 0 Å². The van der Waals surface area contributed by atoms with Crippen LogP contribution in [0.4, 0.5) is 0 Å². The minimum Gasteiger partial charge on any atom is -0.496 e. The minimum atomic E-state index is -1.20. The van der Waals surface area contributed by atoms with Gasteiger partial charge in [0.1, 0.15) is 5.75 Å². The summed E-state index contributed by atoms with van der Waals surface area (Å²) < 4.78 is 19.2. The van der Waals surface area contributed by atoms with E-state index in [9.17, 15) is 19.8 Å². The summed E-state index contributed by atoms with van der Waals surface area (Å²) in [6.07, 6.45) is 4.97. The molecule has 0 amide bonds. The van der Waals surface area contributed by atoms with Gasteiger partial charge in [0.2, 0.25) is 0 Å². The van der Waals surface area contributed by atoms with E-state index in [1.807, 2.05) is 26.0 Å². The quantitative estimate of drug-likeness (QED) is 0.137. The molecule has 10 rings (SSSR count). The first-order valence-electron chi connectivity index (χ1n) is 19.7. The van der Waals surface area contributed by atoms with Gasteiger partial charge >= 0.3 is 11.9 Å². The number of nitrogens with zero attached hydrogens (tertiary/aromatic N) is 1. The number of allylic oxidation sites excluding steroid dienone is 1. The Morgan fingerprint density at radius 2 is 1.85 bits per heavy atom. The van der Waals surface area contributed by atoms with E-state index in [2.05, 4.69) is 50.5 Å². The lowest BCUT2D eigenvalue weighted by Gasteiger charge is -2.58. The molecule has 2 aromatic heterocycles. The third-order valence-corrected chi connectivity index (χ3v) is 13.8. The molecule has 5 N–H and O–H groups in total. The summed E-state index contributed by atoms with van der Waals surface area (Å²) in [6.45, 7) is 8.81. The predicted octanol–water partition coefficient (Wildman–Crippen LogP) is 4.97. The molecule has 2 aromatic carbocycles. The highest BCUT2D eigenvalue weighted by molar-refractivity contribution is 5.92. The predicted molar refractivity (Wildman–Crippen MR) is 204 cm³/mol. The van der Waals surface area contributed by atoms with Gasteiger partial charge in [-0.1, -0.05) is 29.8 Å². The molecule has 2 aliphatic carbocycles. The molecule has 6 bridgehead atoms. The van der Waals surface area contributed by atoms with Crippen LogP contribution in [-0.2, 0) is 37.5 Å². The molecule has 1 saturated carbocycles. The summed E-state index contributed by atoms with van der Waals surface area (Å²) in [4.78, 5) is 36.3. The third kappa shape index (κ3) is 5.07. The minimum absolute atomic E-state index is 0.0391. The number of para-hydroxylation sites is 1. The number of rotatable bonds is 6. The van der Waals surface area contributed by atoms with Crippen molar-refractivity contribution in [2.24, 2.45) is 17.8 Å². The van der Waals surface area contributed by atoms with Crippen LogP contribution in [0.5, 0.6) is 5.75 Å². The standard InChI is InChI=1S/C43H52N4O7/c1-6-26-19-44-36-17-31-27-9-7-8-10-34(27)45-38(31)32(16-33(26)43(36,21-48)54-24(4)51)37-35(52-5)12-11-28-29-13-14-47-20-25-15-30(22(2)49)41(47)42(18-25,53-23(3)50)40(29)46-39(28)37/h6-12,22,25,30,32-33,36,41,44-46,48-49H,13-21H2,1-5H3. The number of nitrogens with one attached hydrogen (secondary N) is 3. The highest BCUT2D eigenvalue weighted by Crippen LogP contribution is 2.57. The fourth-order valence-electron chi connectivity index (χ4n) is 11.9. The van der Waals surface area contributed by atoms with E-state index in [1.165, 1.54) is 13.8 Å². The Labute approximate surface area is 315 Å². The van der Waals surface area contributed by atoms with Gasteiger partial charge in [0.15, 0.2) is 11.2 Å². The Hall–Kier alpha value is -4.16. The van der Waals surface area contributed by atoms with E-state index in [-0.39, 0.29) is 48.3 Å². The topological polar surface area (TPSA) is 149 Å². The summed E-state index contributed by atoms with van der Waals surface area (Å²) in [5.74, 6) is -0.375. The third-order valence-electron chi connectivity index (χ3n) is 13.8. The van der Waals surface area contributed by atoms with Gasteiger partial charge in [-0.25, -0.2) is 0 Å². The molecule has 4 aromatic rings. The number of H-pyrrole nitrogens is 2. The van der Waals surface area contributed by atoms with Crippen LogP contribution < -0.4 is 10.1 Å². The Kier molecular flexibility index (Phi) is 8.53. The normalized spacial score (nSPS) is 34.1. The number of esters is 2. The molecule has 10 atom stereocenters. The van der Waals surface area contributed by atoms with Crippen molar-refractivity contribution in [1.29, 1.82) is 0 Å². The molecule has 0 radical (unpaired) electrons. The Morgan fingerprint density at radius 3 is 2.57 bits per heavy atom. The zero-order valence-corrected chi connectivity index (χ0v) is 31.8. The Bertz CT molecular complexity index is 2190. The summed E-state index contributed by atoms with van der Waals surface area (Å²) in [7, 11) is 1.70. The largest absolute Gasteiger partial charge is 0.496 e. The average molecular weight is 737 g/mol. The van der Waals surface area contributed by atoms with Crippen LogP contribution in [-0.4, -0.2) is 94.2 Å². The van der Waals surface area contributed by atoms with Crippen molar-refractivity contribution in [3.63, 3.8) is 0 Å². The van der Waals surface area contributed by atoms with E-state index in [4.69, 9.17) is 14.2 Å². The van der Waals surface area contributed by atoms with Crippen molar-refractivity contribution in [2.75, 3.05) is 33.4 Å². The van der Waals surface area contributed by atoms with Crippen LogP contribution in [0.3, 0.4) is 0 Å². The summed E-state index contributed by atoms with van der Waals surface area (Å²) in [5, 5.41) is 28.3. The van der Waals surface area contributed by atoms with Crippen LogP contribution in [0.25, 0.3) is 21.8 Å². The number of aromatic amines is 2.